The van der Waals surface area contributed by atoms with E-state index >= 15 is 0 Å². The lowest BCUT2D eigenvalue weighted by molar-refractivity contribution is 0.0474. The fourth-order valence-electron chi connectivity index (χ4n) is 3.52. The largest absolute Gasteiger partial charge is 0.454 e. The van der Waals surface area contributed by atoms with Crippen molar-refractivity contribution in [1.29, 1.82) is 0 Å². The van der Waals surface area contributed by atoms with Crippen LogP contribution in [0.25, 0.3) is 0 Å². The van der Waals surface area contributed by atoms with Gasteiger partial charge in [-0.2, -0.15) is 0 Å². The maximum Gasteiger partial charge on any atom is 0.338 e. The molecule has 6 nitrogen and oxygen atoms in total. The van der Waals surface area contributed by atoms with Crippen molar-refractivity contribution >= 4 is 40.9 Å². The molecular weight excluding hydrogens is 430 g/mol. The van der Waals surface area contributed by atoms with Crippen molar-refractivity contribution in [1.82, 2.24) is 0 Å². The van der Waals surface area contributed by atoms with E-state index in [4.69, 9.17) is 16.3 Å². The Labute approximate surface area is 189 Å². The van der Waals surface area contributed by atoms with Crippen LogP contribution in [0.3, 0.4) is 0 Å². The maximum absolute atomic E-state index is 12.9. The minimum absolute atomic E-state index is 0.0802. The van der Waals surface area contributed by atoms with Gasteiger partial charge in [-0.25, -0.2) is 9.69 Å². The first-order chi connectivity index (χ1) is 15.3. The average molecular weight is 448 g/mol. The third kappa shape index (κ3) is 3.92. The van der Waals surface area contributed by atoms with Gasteiger partial charge in [-0.1, -0.05) is 29.3 Å². The van der Waals surface area contributed by atoms with Gasteiger partial charge in [0.05, 0.1) is 22.4 Å². The van der Waals surface area contributed by atoms with E-state index in [0.717, 1.165) is 16.0 Å². The number of aryl methyl sites for hydroxylation is 2. The number of rotatable bonds is 5. The number of ketones is 1. The smallest absolute Gasteiger partial charge is 0.338 e. The Hall–Kier alpha value is -3.77. The number of hydrogen-bond acceptors (Lipinski definition) is 5. The summed E-state index contributed by atoms with van der Waals surface area (Å²) >= 11 is 5.88. The number of anilines is 1. The molecular formula is C25H18ClNO5. The fraction of sp³-hybridized carbons (Fsp3) is 0.120. The Bertz CT molecular complexity index is 1280. The molecule has 32 heavy (non-hydrogen) atoms. The second-order valence-electron chi connectivity index (χ2n) is 7.50. The normalized spacial score (nSPS) is 12.7. The molecule has 1 aliphatic heterocycles. The molecule has 1 heterocycles. The van der Waals surface area contributed by atoms with E-state index in [1.54, 1.807) is 30.3 Å². The van der Waals surface area contributed by atoms with E-state index in [1.165, 1.54) is 18.2 Å². The number of carbonyl (C=O) groups is 4. The lowest BCUT2D eigenvalue weighted by atomic mass is 10.0. The molecule has 0 unspecified atom stereocenters. The van der Waals surface area contributed by atoms with Gasteiger partial charge < -0.3 is 4.74 Å². The van der Waals surface area contributed by atoms with Crippen LogP contribution in [0.1, 0.15) is 52.6 Å². The zero-order valence-corrected chi connectivity index (χ0v) is 18.1. The van der Waals surface area contributed by atoms with Crippen LogP contribution in [0.5, 0.6) is 0 Å². The van der Waals surface area contributed by atoms with Crippen LogP contribution in [0, 0.1) is 13.8 Å². The van der Waals surface area contributed by atoms with Crippen molar-refractivity contribution in [3.63, 3.8) is 0 Å². The number of fused-ring (bicyclic) bond motifs is 1. The summed E-state index contributed by atoms with van der Waals surface area (Å²) in [6.45, 7) is 3.26. The molecule has 0 saturated heterocycles. The van der Waals surface area contributed by atoms with Crippen LogP contribution in [0.15, 0.2) is 60.7 Å². The number of halogens is 1. The van der Waals surface area contributed by atoms with Crippen molar-refractivity contribution < 1.29 is 23.9 Å². The highest BCUT2D eigenvalue weighted by molar-refractivity contribution is 6.35. The van der Waals surface area contributed by atoms with Crippen molar-refractivity contribution in [2.75, 3.05) is 11.5 Å². The zero-order valence-electron chi connectivity index (χ0n) is 17.3. The lowest BCUT2D eigenvalue weighted by Gasteiger charge is -2.13. The van der Waals surface area contributed by atoms with Crippen LogP contribution in [0.4, 0.5) is 5.69 Å². The van der Waals surface area contributed by atoms with Crippen LogP contribution in [-0.2, 0) is 4.74 Å². The molecule has 0 bridgehead atoms. The van der Waals surface area contributed by atoms with Gasteiger partial charge in [-0.3, -0.25) is 14.4 Å². The second-order valence-corrected chi connectivity index (χ2v) is 7.94. The first-order valence-electron chi connectivity index (χ1n) is 9.82. The fourth-order valence-corrected chi connectivity index (χ4v) is 3.65. The molecule has 7 heteroatoms. The highest BCUT2D eigenvalue weighted by atomic mass is 35.5. The first-order valence-corrected chi connectivity index (χ1v) is 10.2. The number of esters is 1. The van der Waals surface area contributed by atoms with Crippen molar-refractivity contribution in [2.24, 2.45) is 0 Å². The lowest BCUT2D eigenvalue weighted by Crippen LogP contribution is -2.29. The van der Waals surface area contributed by atoms with E-state index in [9.17, 15) is 19.2 Å². The van der Waals surface area contributed by atoms with E-state index in [0.29, 0.717) is 16.3 Å². The Kier molecular flexibility index (Phi) is 5.63. The first kappa shape index (κ1) is 21.5. The SMILES string of the molecule is Cc1ccc(C)c(C(=O)COC(=O)c2ccc3c(c2)C(=O)N(c2ccc(Cl)cc2)C3=O)c1. The van der Waals surface area contributed by atoms with Gasteiger partial charge in [0.15, 0.2) is 6.61 Å². The topological polar surface area (TPSA) is 80.8 Å². The number of Topliss-reactive ketones (excluding diaryl/α,β-unsaturated/α-hetero) is 1. The van der Waals surface area contributed by atoms with E-state index in [-0.39, 0.29) is 22.5 Å². The standard InChI is InChI=1S/C25H18ClNO5/c1-14-3-4-15(2)20(11-14)22(28)13-32-25(31)16-5-10-19-21(12-16)24(30)27(23(19)29)18-8-6-17(26)7-9-18/h3-12H,13H2,1-2H3. The molecule has 1 aliphatic rings. The van der Waals surface area contributed by atoms with E-state index < -0.39 is 24.4 Å². The average Bonchev–Trinajstić information content (AvgIpc) is 3.03. The van der Waals surface area contributed by atoms with Gasteiger partial charge in [-0.15, -0.1) is 0 Å². The highest BCUT2D eigenvalue weighted by Gasteiger charge is 2.37. The molecule has 2 amide bonds. The summed E-state index contributed by atoms with van der Waals surface area (Å²) in [6.07, 6.45) is 0. The van der Waals surface area contributed by atoms with Crippen LogP contribution in [0.2, 0.25) is 5.02 Å². The van der Waals surface area contributed by atoms with Crippen molar-refractivity contribution in [3.05, 3.63) is 99.1 Å². The van der Waals surface area contributed by atoms with Crippen LogP contribution >= 0.6 is 11.6 Å². The van der Waals surface area contributed by atoms with Crippen molar-refractivity contribution in [2.45, 2.75) is 13.8 Å². The third-order valence-corrected chi connectivity index (χ3v) is 5.49. The minimum atomic E-state index is -0.753. The Morgan fingerprint density at radius 3 is 2.28 bits per heavy atom. The van der Waals surface area contributed by atoms with Gasteiger partial charge in [0, 0.05) is 10.6 Å². The molecule has 160 valence electrons. The van der Waals surface area contributed by atoms with Gasteiger partial charge in [0.2, 0.25) is 5.78 Å². The molecule has 0 saturated carbocycles. The molecule has 0 aliphatic carbocycles. The predicted molar refractivity (Wildman–Crippen MR) is 120 cm³/mol. The summed E-state index contributed by atoms with van der Waals surface area (Å²) in [5.74, 6) is -2.11. The summed E-state index contributed by atoms with van der Waals surface area (Å²) < 4.78 is 5.17. The minimum Gasteiger partial charge on any atom is -0.454 e. The molecule has 4 rings (SSSR count). The quantitative estimate of drug-likeness (QED) is 0.319. The summed E-state index contributed by atoms with van der Waals surface area (Å²) in [5.41, 5.74) is 2.96. The molecule has 3 aromatic carbocycles. The summed E-state index contributed by atoms with van der Waals surface area (Å²) in [4.78, 5) is 51.6. The van der Waals surface area contributed by atoms with Crippen LogP contribution < -0.4 is 4.90 Å². The molecule has 0 atom stereocenters. The molecule has 0 N–H and O–H groups in total. The molecule has 0 fully saturated rings. The third-order valence-electron chi connectivity index (χ3n) is 5.23. The van der Waals surface area contributed by atoms with E-state index in [2.05, 4.69) is 0 Å². The number of nitrogens with zero attached hydrogens (tertiary/aromatic N) is 1. The van der Waals surface area contributed by atoms with Gasteiger partial charge >= 0.3 is 5.97 Å². The molecule has 0 radical (unpaired) electrons. The number of benzene rings is 3. The molecule has 0 aromatic heterocycles. The Morgan fingerprint density at radius 1 is 0.875 bits per heavy atom. The highest BCUT2D eigenvalue weighted by Crippen LogP contribution is 2.30. The van der Waals surface area contributed by atoms with Crippen molar-refractivity contribution in [3.8, 4) is 0 Å². The van der Waals surface area contributed by atoms with Gasteiger partial charge in [0.25, 0.3) is 11.8 Å². The number of hydrogen-bond donors (Lipinski definition) is 0. The van der Waals surface area contributed by atoms with Gasteiger partial charge in [0.1, 0.15) is 0 Å². The predicted octanol–water partition coefficient (Wildman–Crippen LogP) is 4.80. The Morgan fingerprint density at radius 2 is 1.56 bits per heavy atom. The molecule has 0 spiro atoms. The zero-order chi connectivity index (χ0) is 23.0. The number of carbonyl (C=O) groups excluding carboxylic acids is 4. The summed E-state index contributed by atoms with van der Waals surface area (Å²) in [6, 6.07) is 15.9. The Balaban J connectivity index is 1.51. The van der Waals surface area contributed by atoms with E-state index in [1.807, 2.05) is 26.0 Å². The van der Waals surface area contributed by atoms with Gasteiger partial charge in [-0.05, 0) is 67.9 Å². The molecule has 3 aromatic rings. The number of ether oxygens (including phenoxy) is 1. The number of amides is 2. The van der Waals surface area contributed by atoms with Crippen LogP contribution in [-0.4, -0.2) is 30.2 Å². The summed E-state index contributed by atoms with van der Waals surface area (Å²) in [5, 5.41) is 0.478. The maximum atomic E-state index is 12.9. The monoisotopic (exact) mass is 447 g/mol. The second kappa shape index (κ2) is 8.40. The summed E-state index contributed by atoms with van der Waals surface area (Å²) in [7, 11) is 0. The number of imide groups is 1.